The van der Waals surface area contributed by atoms with Gasteiger partial charge in [-0.05, 0) is 28.8 Å². The van der Waals surface area contributed by atoms with Crippen LogP contribution < -0.4 is 15.1 Å². The summed E-state index contributed by atoms with van der Waals surface area (Å²) in [5.41, 5.74) is 0.988. The van der Waals surface area contributed by atoms with Crippen molar-refractivity contribution in [1.29, 1.82) is 0 Å². The molecule has 102 valence electrons. The lowest BCUT2D eigenvalue weighted by Gasteiger charge is -2.18. The summed E-state index contributed by atoms with van der Waals surface area (Å²) in [6.45, 7) is 1.22. The molecule has 20 heavy (non-hydrogen) atoms. The number of amides is 2. The minimum atomic E-state index is -0.0590. The predicted molar refractivity (Wildman–Crippen MR) is 80.5 cm³/mol. The molecule has 0 aliphatic carbocycles. The normalized spacial score (nSPS) is 13.1. The number of carbonyl (C=O) groups is 1. The lowest BCUT2D eigenvalue weighted by atomic mass is 10.3. The topological polar surface area (TPSA) is 45.2 Å². The summed E-state index contributed by atoms with van der Waals surface area (Å²) < 4.78 is 1.14. The molecule has 2 aromatic heterocycles. The first-order chi connectivity index (χ1) is 9.83. The van der Waals surface area contributed by atoms with Crippen LogP contribution in [-0.2, 0) is 6.42 Å². The van der Waals surface area contributed by atoms with Crippen LogP contribution in [0.15, 0.2) is 35.8 Å². The van der Waals surface area contributed by atoms with Crippen molar-refractivity contribution < 1.29 is 4.79 Å². The Hall–Kier alpha value is -2.14. The average molecular weight is 285 g/mol. The maximum atomic E-state index is 12.1. The SMILES string of the molecule is O=C(NCCc1ccccn1)N1C=c2sccc2=CC1. The maximum absolute atomic E-state index is 12.1. The molecule has 1 aliphatic heterocycles. The van der Waals surface area contributed by atoms with Crippen molar-refractivity contribution in [2.24, 2.45) is 0 Å². The van der Waals surface area contributed by atoms with E-state index in [1.165, 1.54) is 5.22 Å². The zero-order valence-electron chi connectivity index (χ0n) is 11.0. The third-order valence-electron chi connectivity index (χ3n) is 3.15. The maximum Gasteiger partial charge on any atom is 0.321 e. The molecule has 1 aliphatic rings. The second kappa shape index (κ2) is 5.88. The number of aromatic nitrogens is 1. The van der Waals surface area contributed by atoms with E-state index in [0.29, 0.717) is 13.1 Å². The molecule has 0 saturated heterocycles. The van der Waals surface area contributed by atoms with Crippen molar-refractivity contribution in [1.82, 2.24) is 15.2 Å². The highest BCUT2D eigenvalue weighted by atomic mass is 32.1. The van der Waals surface area contributed by atoms with E-state index in [0.717, 1.165) is 16.6 Å². The fourth-order valence-electron chi connectivity index (χ4n) is 2.08. The number of nitrogens with one attached hydrogen (secondary N) is 1. The number of fused-ring (bicyclic) bond motifs is 1. The van der Waals surface area contributed by atoms with E-state index in [1.54, 1.807) is 22.4 Å². The number of carbonyl (C=O) groups excluding carboxylic acids is 1. The Morgan fingerprint density at radius 1 is 1.40 bits per heavy atom. The van der Waals surface area contributed by atoms with E-state index in [4.69, 9.17) is 0 Å². The summed E-state index contributed by atoms with van der Waals surface area (Å²) in [5, 5.41) is 6.18. The molecule has 0 fully saturated rings. The van der Waals surface area contributed by atoms with Crippen molar-refractivity contribution in [3.05, 3.63) is 51.3 Å². The number of urea groups is 1. The molecule has 1 N–H and O–H groups in total. The summed E-state index contributed by atoms with van der Waals surface area (Å²) in [7, 11) is 0. The quantitative estimate of drug-likeness (QED) is 0.912. The number of thiophene rings is 1. The van der Waals surface area contributed by atoms with Gasteiger partial charge in [-0.1, -0.05) is 12.1 Å². The van der Waals surface area contributed by atoms with Crippen LogP contribution in [0.3, 0.4) is 0 Å². The molecule has 0 atom stereocenters. The molecule has 0 spiro atoms. The van der Waals surface area contributed by atoms with Crippen LogP contribution in [0.25, 0.3) is 12.3 Å². The Bertz CT molecular complexity index is 708. The van der Waals surface area contributed by atoms with Gasteiger partial charge in [0, 0.05) is 37.6 Å². The van der Waals surface area contributed by atoms with Crippen molar-refractivity contribution in [2.75, 3.05) is 13.1 Å². The number of hydrogen-bond donors (Lipinski definition) is 1. The van der Waals surface area contributed by atoms with Crippen LogP contribution in [0.2, 0.25) is 0 Å². The lowest BCUT2D eigenvalue weighted by molar-refractivity contribution is 0.223. The first-order valence-corrected chi connectivity index (χ1v) is 7.41. The minimum absolute atomic E-state index is 0.0590. The highest BCUT2D eigenvalue weighted by molar-refractivity contribution is 7.07. The first kappa shape index (κ1) is 12.9. The molecule has 3 heterocycles. The van der Waals surface area contributed by atoms with Crippen LogP contribution >= 0.6 is 11.3 Å². The van der Waals surface area contributed by atoms with Crippen molar-refractivity contribution in [2.45, 2.75) is 6.42 Å². The lowest BCUT2D eigenvalue weighted by Crippen LogP contribution is -2.42. The van der Waals surface area contributed by atoms with Crippen molar-refractivity contribution >= 4 is 29.6 Å². The van der Waals surface area contributed by atoms with Crippen LogP contribution in [0, 0.1) is 0 Å². The van der Waals surface area contributed by atoms with Gasteiger partial charge in [0.15, 0.2) is 0 Å². The molecule has 5 heteroatoms. The van der Waals surface area contributed by atoms with Gasteiger partial charge < -0.3 is 5.32 Å². The van der Waals surface area contributed by atoms with E-state index in [2.05, 4.69) is 22.4 Å². The zero-order valence-corrected chi connectivity index (χ0v) is 11.8. The molecule has 0 aromatic carbocycles. The average Bonchev–Trinajstić information content (AvgIpc) is 2.95. The highest BCUT2D eigenvalue weighted by Gasteiger charge is 2.11. The van der Waals surface area contributed by atoms with Gasteiger partial charge in [0.05, 0.1) is 4.53 Å². The molecule has 0 radical (unpaired) electrons. The smallest absolute Gasteiger partial charge is 0.321 e. The number of rotatable bonds is 3. The number of hydrogen-bond acceptors (Lipinski definition) is 3. The van der Waals surface area contributed by atoms with Crippen molar-refractivity contribution in [3.8, 4) is 0 Å². The number of nitrogens with zero attached hydrogens (tertiary/aromatic N) is 2. The molecule has 0 bridgehead atoms. The van der Waals surface area contributed by atoms with Gasteiger partial charge in [0.25, 0.3) is 0 Å². The standard InChI is InChI=1S/C15H15N3OS/c19-15(17-8-4-13-3-1-2-7-16-13)18-9-5-12-6-10-20-14(12)11-18/h1-3,5-7,10-11H,4,8-9H2,(H,17,19). The van der Waals surface area contributed by atoms with E-state index >= 15 is 0 Å². The Morgan fingerprint density at radius 3 is 3.20 bits per heavy atom. The molecule has 0 unspecified atom stereocenters. The Balaban J connectivity index is 1.56. The van der Waals surface area contributed by atoms with E-state index < -0.39 is 0 Å². The van der Waals surface area contributed by atoms with Crippen LogP contribution in [-0.4, -0.2) is 29.0 Å². The Morgan fingerprint density at radius 2 is 2.35 bits per heavy atom. The fraction of sp³-hybridized carbons (Fsp3) is 0.200. The molecule has 2 aromatic rings. The van der Waals surface area contributed by atoms with Gasteiger partial charge in [-0.15, -0.1) is 11.3 Å². The minimum Gasteiger partial charge on any atom is -0.337 e. The third kappa shape index (κ3) is 2.88. The van der Waals surface area contributed by atoms with Gasteiger partial charge in [-0.3, -0.25) is 9.88 Å². The monoisotopic (exact) mass is 285 g/mol. The van der Waals surface area contributed by atoms with E-state index in [-0.39, 0.29) is 6.03 Å². The van der Waals surface area contributed by atoms with Gasteiger partial charge in [-0.2, -0.15) is 0 Å². The molecular weight excluding hydrogens is 270 g/mol. The third-order valence-corrected chi connectivity index (χ3v) is 4.02. The van der Waals surface area contributed by atoms with Gasteiger partial charge >= 0.3 is 6.03 Å². The fourth-order valence-corrected chi connectivity index (χ4v) is 2.92. The van der Waals surface area contributed by atoms with Crippen molar-refractivity contribution in [3.63, 3.8) is 0 Å². The Kier molecular flexibility index (Phi) is 3.78. The molecule has 2 amide bonds. The number of pyridine rings is 1. The van der Waals surface area contributed by atoms with Gasteiger partial charge in [0.2, 0.25) is 0 Å². The summed E-state index contributed by atoms with van der Waals surface area (Å²) in [5.74, 6) is 0. The summed E-state index contributed by atoms with van der Waals surface area (Å²) in [6.07, 6.45) is 6.50. The summed E-state index contributed by atoms with van der Waals surface area (Å²) in [6, 6.07) is 7.82. The van der Waals surface area contributed by atoms with Crippen LogP contribution in [0.4, 0.5) is 4.79 Å². The van der Waals surface area contributed by atoms with Gasteiger partial charge in [-0.25, -0.2) is 4.79 Å². The molecule has 3 rings (SSSR count). The van der Waals surface area contributed by atoms with Crippen LogP contribution in [0.1, 0.15) is 5.69 Å². The molecule has 0 saturated carbocycles. The molecular formula is C15H15N3OS. The summed E-state index contributed by atoms with van der Waals surface area (Å²) >= 11 is 1.65. The molecule has 4 nitrogen and oxygen atoms in total. The highest BCUT2D eigenvalue weighted by Crippen LogP contribution is 1.98. The van der Waals surface area contributed by atoms with Gasteiger partial charge in [0.1, 0.15) is 0 Å². The van der Waals surface area contributed by atoms with E-state index in [9.17, 15) is 4.79 Å². The Labute approximate surface area is 121 Å². The second-order valence-corrected chi connectivity index (χ2v) is 5.48. The predicted octanol–water partition coefficient (Wildman–Crippen LogP) is 0.929. The second-order valence-electron chi connectivity index (χ2n) is 4.53. The summed E-state index contributed by atoms with van der Waals surface area (Å²) in [4.78, 5) is 18.0. The van der Waals surface area contributed by atoms with E-state index in [1.807, 2.05) is 29.8 Å². The zero-order chi connectivity index (χ0) is 13.8. The van der Waals surface area contributed by atoms with Crippen LogP contribution in [0.5, 0.6) is 0 Å². The first-order valence-electron chi connectivity index (χ1n) is 6.53. The largest absolute Gasteiger partial charge is 0.337 e.